The molecule has 1 N–H and O–H groups in total. The van der Waals surface area contributed by atoms with E-state index in [1.54, 1.807) is 6.92 Å². The summed E-state index contributed by atoms with van der Waals surface area (Å²) in [5.41, 5.74) is -0.0232. The molecule has 0 aromatic heterocycles. The minimum Gasteiger partial charge on any atom is -0.208 e. The minimum atomic E-state index is -3.69. The number of nitrogens with one attached hydrogen (secondary N) is 1. The number of hydrogen-bond acceptors (Lipinski definition) is 3. The fourth-order valence-corrected chi connectivity index (χ4v) is 3.03. The zero-order valence-electron chi connectivity index (χ0n) is 9.57. The Morgan fingerprint density at radius 2 is 2.18 bits per heavy atom. The Kier molecular flexibility index (Phi) is 4.52. The van der Waals surface area contributed by atoms with Gasteiger partial charge < -0.3 is 0 Å². The molecule has 0 fully saturated rings. The molecule has 1 atom stereocenters. The Morgan fingerprint density at radius 1 is 1.53 bits per heavy atom. The molecule has 0 saturated carbocycles. The average Bonchev–Trinajstić information content (AvgIpc) is 2.28. The second kappa shape index (κ2) is 5.50. The van der Waals surface area contributed by atoms with Gasteiger partial charge in [-0.1, -0.05) is 24.6 Å². The molecule has 17 heavy (non-hydrogen) atoms. The van der Waals surface area contributed by atoms with Gasteiger partial charge in [0.15, 0.2) is 0 Å². The van der Waals surface area contributed by atoms with Gasteiger partial charge in [-0.3, -0.25) is 0 Å². The van der Waals surface area contributed by atoms with Crippen molar-refractivity contribution in [2.24, 2.45) is 0 Å². The third-order valence-electron chi connectivity index (χ3n) is 2.35. The zero-order valence-corrected chi connectivity index (χ0v) is 11.1. The highest BCUT2D eigenvalue weighted by molar-refractivity contribution is 7.89. The summed E-state index contributed by atoms with van der Waals surface area (Å²) in [5.74, 6) is 0. The third-order valence-corrected chi connectivity index (χ3v) is 4.29. The summed E-state index contributed by atoms with van der Waals surface area (Å²) in [7, 11) is -3.69. The lowest BCUT2D eigenvalue weighted by atomic mass is 10.2. The van der Waals surface area contributed by atoms with Crippen LogP contribution in [0.15, 0.2) is 23.1 Å². The van der Waals surface area contributed by atoms with Gasteiger partial charge in [0.2, 0.25) is 10.0 Å². The molecule has 4 nitrogen and oxygen atoms in total. The molecular formula is C11H13ClN2O2S. The Balaban J connectivity index is 3.26. The van der Waals surface area contributed by atoms with Crippen molar-refractivity contribution in [3.05, 3.63) is 28.8 Å². The van der Waals surface area contributed by atoms with Crippen molar-refractivity contribution < 1.29 is 8.42 Å². The fourth-order valence-electron chi connectivity index (χ4n) is 1.25. The van der Waals surface area contributed by atoms with Gasteiger partial charge in [-0.25, -0.2) is 13.1 Å². The maximum atomic E-state index is 12.0. The maximum Gasteiger partial charge on any atom is 0.242 e. The highest BCUT2D eigenvalue weighted by Crippen LogP contribution is 2.23. The second-order valence-corrected chi connectivity index (χ2v) is 5.74. The number of sulfonamides is 1. The van der Waals surface area contributed by atoms with Crippen molar-refractivity contribution >= 4 is 21.6 Å². The van der Waals surface area contributed by atoms with Crippen LogP contribution in [0, 0.1) is 11.3 Å². The quantitative estimate of drug-likeness (QED) is 0.914. The van der Waals surface area contributed by atoms with E-state index in [0.29, 0.717) is 6.42 Å². The van der Waals surface area contributed by atoms with E-state index < -0.39 is 10.0 Å². The first-order valence-corrected chi connectivity index (χ1v) is 6.99. The van der Waals surface area contributed by atoms with E-state index in [1.807, 2.05) is 13.0 Å². The number of rotatable bonds is 4. The van der Waals surface area contributed by atoms with Crippen LogP contribution < -0.4 is 4.72 Å². The van der Waals surface area contributed by atoms with E-state index in [1.165, 1.54) is 18.2 Å². The van der Waals surface area contributed by atoms with E-state index in [4.69, 9.17) is 16.9 Å². The fraction of sp³-hybridized carbons (Fsp3) is 0.364. The summed E-state index contributed by atoms with van der Waals surface area (Å²) in [6.45, 7) is 3.63. The van der Waals surface area contributed by atoms with Crippen LogP contribution in [0.1, 0.15) is 25.8 Å². The molecule has 0 bridgehead atoms. The van der Waals surface area contributed by atoms with Gasteiger partial charge >= 0.3 is 0 Å². The molecule has 1 aromatic carbocycles. The summed E-state index contributed by atoms with van der Waals surface area (Å²) in [6, 6.07) is 5.99. The first kappa shape index (κ1) is 14.0. The van der Waals surface area contributed by atoms with Gasteiger partial charge in [0, 0.05) is 6.04 Å². The summed E-state index contributed by atoms with van der Waals surface area (Å²) in [6.07, 6.45) is 0.668. The van der Waals surface area contributed by atoms with Crippen LogP contribution in [-0.2, 0) is 10.0 Å². The van der Waals surface area contributed by atoms with Crippen LogP contribution in [0.4, 0.5) is 0 Å². The first-order valence-electron chi connectivity index (χ1n) is 5.13. The number of benzene rings is 1. The molecule has 92 valence electrons. The second-order valence-electron chi connectivity index (χ2n) is 3.66. The smallest absolute Gasteiger partial charge is 0.208 e. The van der Waals surface area contributed by atoms with Gasteiger partial charge in [0.25, 0.3) is 0 Å². The molecule has 0 radical (unpaired) electrons. The lowest BCUT2D eigenvalue weighted by Crippen LogP contribution is -2.32. The third kappa shape index (κ3) is 3.19. The van der Waals surface area contributed by atoms with E-state index in [2.05, 4.69) is 4.72 Å². The Labute approximate surface area is 106 Å². The molecule has 1 unspecified atom stereocenters. The summed E-state index contributed by atoms with van der Waals surface area (Å²) >= 11 is 5.79. The van der Waals surface area contributed by atoms with Crippen molar-refractivity contribution in [2.75, 3.05) is 0 Å². The normalized spacial score (nSPS) is 13.1. The van der Waals surface area contributed by atoms with Crippen molar-refractivity contribution in [1.29, 1.82) is 5.26 Å². The van der Waals surface area contributed by atoms with Gasteiger partial charge in [-0.15, -0.1) is 0 Å². The number of hydrogen-bond donors (Lipinski definition) is 1. The van der Waals surface area contributed by atoms with Crippen molar-refractivity contribution in [3.63, 3.8) is 0 Å². The van der Waals surface area contributed by atoms with E-state index in [-0.39, 0.29) is 21.5 Å². The Bertz CT molecular complexity index is 549. The van der Waals surface area contributed by atoms with Crippen molar-refractivity contribution in [1.82, 2.24) is 4.72 Å². The van der Waals surface area contributed by atoms with E-state index in [0.717, 1.165) is 0 Å². The van der Waals surface area contributed by atoms with E-state index in [9.17, 15) is 8.42 Å². The van der Waals surface area contributed by atoms with Gasteiger partial charge in [0.1, 0.15) is 11.0 Å². The summed E-state index contributed by atoms with van der Waals surface area (Å²) in [5, 5.41) is 9.07. The Hall–Kier alpha value is -1.09. The van der Waals surface area contributed by atoms with Crippen molar-refractivity contribution in [3.8, 4) is 6.07 Å². The molecule has 0 aliphatic carbocycles. The SMILES string of the molecule is CCC(C)NS(=O)(=O)c1cccc(Cl)c1C#N. The van der Waals surface area contributed by atoms with E-state index >= 15 is 0 Å². The molecule has 0 aliphatic heterocycles. The highest BCUT2D eigenvalue weighted by atomic mass is 35.5. The minimum absolute atomic E-state index is 0.0232. The van der Waals surface area contributed by atoms with Gasteiger partial charge in [0.05, 0.1) is 10.6 Å². The van der Waals surface area contributed by atoms with Crippen LogP contribution in [0.2, 0.25) is 5.02 Å². The molecule has 0 spiro atoms. The number of halogens is 1. The lowest BCUT2D eigenvalue weighted by molar-refractivity contribution is 0.555. The zero-order chi connectivity index (χ0) is 13.1. The number of nitrogens with zero attached hydrogens (tertiary/aromatic N) is 1. The molecule has 1 aromatic rings. The molecule has 1 rings (SSSR count). The van der Waals surface area contributed by atoms with Gasteiger partial charge in [-0.05, 0) is 25.5 Å². The molecule has 0 amide bonds. The monoisotopic (exact) mass is 272 g/mol. The summed E-state index contributed by atoms with van der Waals surface area (Å²) in [4.78, 5) is -0.0761. The molecule has 0 aliphatic rings. The molecular weight excluding hydrogens is 260 g/mol. The van der Waals surface area contributed by atoms with Crippen LogP contribution in [0.3, 0.4) is 0 Å². The summed E-state index contributed by atoms with van der Waals surface area (Å²) < 4.78 is 26.5. The van der Waals surface area contributed by atoms with Crippen LogP contribution in [0.25, 0.3) is 0 Å². The molecule has 0 heterocycles. The highest BCUT2D eigenvalue weighted by Gasteiger charge is 2.21. The maximum absolute atomic E-state index is 12.0. The standard InChI is InChI=1S/C11H13ClN2O2S/c1-3-8(2)14-17(15,16)11-6-4-5-10(12)9(11)7-13/h4-6,8,14H,3H2,1-2H3. The Morgan fingerprint density at radius 3 is 2.71 bits per heavy atom. The van der Waals surface area contributed by atoms with Crippen LogP contribution in [0.5, 0.6) is 0 Å². The van der Waals surface area contributed by atoms with Crippen LogP contribution in [-0.4, -0.2) is 14.5 Å². The molecule has 0 saturated heterocycles. The predicted molar refractivity (Wildman–Crippen MR) is 66.2 cm³/mol. The lowest BCUT2D eigenvalue weighted by Gasteiger charge is -2.13. The topological polar surface area (TPSA) is 70.0 Å². The predicted octanol–water partition coefficient (Wildman–Crippen LogP) is 2.29. The largest absolute Gasteiger partial charge is 0.242 e. The van der Waals surface area contributed by atoms with Gasteiger partial charge in [-0.2, -0.15) is 5.26 Å². The van der Waals surface area contributed by atoms with Crippen molar-refractivity contribution in [2.45, 2.75) is 31.2 Å². The average molecular weight is 273 g/mol. The molecule has 6 heteroatoms. The van der Waals surface area contributed by atoms with Crippen LogP contribution >= 0.6 is 11.6 Å². The number of nitriles is 1. The first-order chi connectivity index (χ1) is 7.92.